The van der Waals surface area contributed by atoms with Gasteiger partial charge in [0.25, 0.3) is 5.56 Å². The summed E-state index contributed by atoms with van der Waals surface area (Å²) in [4.78, 5) is 31.7. The van der Waals surface area contributed by atoms with Crippen LogP contribution < -0.4 is 15.6 Å². The standard InChI is InChI=1S/C20H19N3O3S/c1-13(19(25)21-15-10-6-7-11-17(15)26-2)27-20-22-16(12-18(24)23-20)14-8-4-3-5-9-14/h3-13H,1-2H3,(H,21,25)(H,22,23,24)/t13-/m0/s1. The van der Waals surface area contributed by atoms with Gasteiger partial charge in [0, 0.05) is 11.6 Å². The smallest absolute Gasteiger partial charge is 0.252 e. The Labute approximate surface area is 161 Å². The van der Waals surface area contributed by atoms with Gasteiger partial charge >= 0.3 is 0 Å². The third-order valence-corrected chi connectivity index (χ3v) is 4.80. The first-order valence-corrected chi connectivity index (χ1v) is 9.22. The second-order valence-electron chi connectivity index (χ2n) is 5.75. The molecule has 0 spiro atoms. The molecule has 0 bridgehead atoms. The van der Waals surface area contributed by atoms with E-state index < -0.39 is 5.25 Å². The van der Waals surface area contributed by atoms with Crippen molar-refractivity contribution in [3.05, 3.63) is 71.0 Å². The van der Waals surface area contributed by atoms with Gasteiger partial charge in [0.1, 0.15) is 5.75 Å². The average molecular weight is 381 g/mol. The molecule has 3 rings (SSSR count). The van der Waals surface area contributed by atoms with Crippen LogP contribution in [0.3, 0.4) is 0 Å². The number of rotatable bonds is 6. The quantitative estimate of drug-likeness (QED) is 0.504. The number of ether oxygens (including phenoxy) is 1. The molecule has 0 saturated heterocycles. The van der Waals surface area contributed by atoms with Gasteiger partial charge < -0.3 is 15.0 Å². The maximum atomic E-state index is 12.5. The number of aromatic nitrogens is 2. The molecule has 2 aromatic carbocycles. The lowest BCUT2D eigenvalue weighted by Crippen LogP contribution is -2.23. The first kappa shape index (κ1) is 18.7. The summed E-state index contributed by atoms with van der Waals surface area (Å²) < 4.78 is 5.24. The number of H-pyrrole nitrogens is 1. The van der Waals surface area contributed by atoms with E-state index in [2.05, 4.69) is 15.3 Å². The molecular weight excluding hydrogens is 362 g/mol. The second-order valence-corrected chi connectivity index (χ2v) is 7.08. The van der Waals surface area contributed by atoms with Crippen LogP contribution in [0.2, 0.25) is 0 Å². The Hall–Kier alpha value is -3.06. The molecule has 1 aromatic heterocycles. The van der Waals surface area contributed by atoms with E-state index in [-0.39, 0.29) is 11.5 Å². The molecule has 27 heavy (non-hydrogen) atoms. The van der Waals surface area contributed by atoms with E-state index in [4.69, 9.17) is 4.74 Å². The van der Waals surface area contributed by atoms with Crippen molar-refractivity contribution in [1.82, 2.24) is 9.97 Å². The molecule has 1 atom stereocenters. The fourth-order valence-corrected chi connectivity index (χ4v) is 3.26. The first-order valence-electron chi connectivity index (χ1n) is 8.34. The molecule has 1 heterocycles. The number of nitrogens with one attached hydrogen (secondary N) is 2. The summed E-state index contributed by atoms with van der Waals surface area (Å²) in [5.74, 6) is 0.373. The number of hydrogen-bond donors (Lipinski definition) is 2. The summed E-state index contributed by atoms with van der Waals surface area (Å²) in [6.45, 7) is 1.75. The summed E-state index contributed by atoms with van der Waals surface area (Å²) in [6, 6.07) is 18.1. The lowest BCUT2D eigenvalue weighted by Gasteiger charge is -2.14. The highest BCUT2D eigenvalue weighted by atomic mass is 32.2. The molecule has 0 saturated carbocycles. The fourth-order valence-electron chi connectivity index (χ4n) is 2.45. The summed E-state index contributed by atoms with van der Waals surface area (Å²) >= 11 is 1.19. The molecule has 0 aliphatic carbocycles. The number of carbonyl (C=O) groups excluding carboxylic acids is 1. The normalized spacial score (nSPS) is 11.6. The topological polar surface area (TPSA) is 84.1 Å². The number of thioether (sulfide) groups is 1. The predicted molar refractivity (Wildman–Crippen MR) is 107 cm³/mol. The predicted octanol–water partition coefficient (Wildman–Crippen LogP) is 3.56. The maximum Gasteiger partial charge on any atom is 0.252 e. The van der Waals surface area contributed by atoms with E-state index in [1.807, 2.05) is 42.5 Å². The van der Waals surface area contributed by atoms with Crippen LogP contribution in [0.1, 0.15) is 6.92 Å². The van der Waals surface area contributed by atoms with E-state index in [1.54, 1.807) is 26.2 Å². The zero-order chi connectivity index (χ0) is 19.2. The van der Waals surface area contributed by atoms with Gasteiger partial charge in [-0.1, -0.05) is 54.2 Å². The monoisotopic (exact) mass is 381 g/mol. The third kappa shape index (κ3) is 4.77. The molecule has 2 N–H and O–H groups in total. The third-order valence-electron chi connectivity index (χ3n) is 3.81. The van der Waals surface area contributed by atoms with Gasteiger partial charge in [0.15, 0.2) is 5.16 Å². The summed E-state index contributed by atoms with van der Waals surface area (Å²) in [5.41, 5.74) is 1.75. The minimum absolute atomic E-state index is 0.211. The molecule has 3 aromatic rings. The molecule has 0 unspecified atom stereocenters. The summed E-state index contributed by atoms with van der Waals surface area (Å²) in [5, 5.41) is 2.76. The van der Waals surface area contributed by atoms with Crippen LogP contribution in [0, 0.1) is 0 Å². The van der Waals surface area contributed by atoms with Crippen molar-refractivity contribution in [3.8, 4) is 17.0 Å². The van der Waals surface area contributed by atoms with Crippen LogP contribution in [0.25, 0.3) is 11.3 Å². The molecule has 0 fully saturated rings. The van der Waals surface area contributed by atoms with Crippen molar-refractivity contribution in [2.45, 2.75) is 17.3 Å². The van der Waals surface area contributed by atoms with Crippen molar-refractivity contribution >= 4 is 23.4 Å². The van der Waals surface area contributed by atoms with E-state index >= 15 is 0 Å². The first-order chi connectivity index (χ1) is 13.1. The molecule has 0 aliphatic rings. The number of para-hydroxylation sites is 2. The molecule has 0 aliphatic heterocycles. The molecule has 138 valence electrons. The SMILES string of the molecule is COc1ccccc1NC(=O)[C@H](C)Sc1nc(-c2ccccc2)cc(=O)[nH]1. The Morgan fingerprint density at radius 1 is 1.15 bits per heavy atom. The van der Waals surface area contributed by atoms with Crippen LogP contribution in [0.4, 0.5) is 5.69 Å². The number of hydrogen-bond acceptors (Lipinski definition) is 5. The minimum atomic E-state index is -0.468. The molecule has 0 radical (unpaired) electrons. The van der Waals surface area contributed by atoms with Gasteiger partial charge in [-0.25, -0.2) is 4.98 Å². The zero-order valence-electron chi connectivity index (χ0n) is 14.9. The van der Waals surface area contributed by atoms with Gasteiger partial charge in [0.05, 0.1) is 23.7 Å². The number of carbonyl (C=O) groups is 1. The van der Waals surface area contributed by atoms with E-state index in [1.165, 1.54) is 17.8 Å². The lowest BCUT2D eigenvalue weighted by molar-refractivity contribution is -0.115. The summed E-state index contributed by atoms with van der Waals surface area (Å²) in [6.07, 6.45) is 0. The molecule has 7 heteroatoms. The number of aromatic amines is 1. The Bertz CT molecular complexity index is 989. The van der Waals surface area contributed by atoms with Crippen LogP contribution in [0.5, 0.6) is 5.75 Å². The zero-order valence-corrected chi connectivity index (χ0v) is 15.7. The highest BCUT2D eigenvalue weighted by Gasteiger charge is 2.18. The van der Waals surface area contributed by atoms with Crippen LogP contribution in [-0.4, -0.2) is 28.2 Å². The average Bonchev–Trinajstić information content (AvgIpc) is 2.68. The van der Waals surface area contributed by atoms with Crippen molar-refractivity contribution in [1.29, 1.82) is 0 Å². The van der Waals surface area contributed by atoms with Gasteiger partial charge in [0.2, 0.25) is 5.91 Å². The van der Waals surface area contributed by atoms with E-state index in [0.717, 1.165) is 5.56 Å². The Kier molecular flexibility index (Phi) is 5.93. The van der Waals surface area contributed by atoms with Crippen molar-refractivity contribution in [2.24, 2.45) is 0 Å². The highest BCUT2D eigenvalue weighted by Crippen LogP contribution is 2.26. The van der Waals surface area contributed by atoms with Crippen molar-refractivity contribution < 1.29 is 9.53 Å². The van der Waals surface area contributed by atoms with Gasteiger partial charge in [-0.15, -0.1) is 0 Å². The number of methoxy groups -OCH3 is 1. The largest absolute Gasteiger partial charge is 0.495 e. The molecule has 6 nitrogen and oxygen atoms in total. The maximum absolute atomic E-state index is 12.5. The number of benzene rings is 2. The van der Waals surface area contributed by atoms with Crippen LogP contribution >= 0.6 is 11.8 Å². The van der Waals surface area contributed by atoms with Crippen molar-refractivity contribution in [2.75, 3.05) is 12.4 Å². The number of nitrogens with zero attached hydrogens (tertiary/aromatic N) is 1. The lowest BCUT2D eigenvalue weighted by atomic mass is 10.1. The Morgan fingerprint density at radius 2 is 1.85 bits per heavy atom. The van der Waals surface area contributed by atoms with Gasteiger partial charge in [-0.05, 0) is 19.1 Å². The van der Waals surface area contributed by atoms with Gasteiger partial charge in [-0.2, -0.15) is 0 Å². The Balaban J connectivity index is 1.75. The van der Waals surface area contributed by atoms with Crippen molar-refractivity contribution in [3.63, 3.8) is 0 Å². The van der Waals surface area contributed by atoms with Crippen LogP contribution in [0.15, 0.2) is 70.6 Å². The molecular formula is C20H19N3O3S. The van der Waals surface area contributed by atoms with Gasteiger partial charge in [-0.3, -0.25) is 9.59 Å². The number of amides is 1. The van der Waals surface area contributed by atoms with E-state index in [0.29, 0.717) is 22.3 Å². The number of anilines is 1. The fraction of sp³-hybridized carbons (Fsp3) is 0.150. The van der Waals surface area contributed by atoms with E-state index in [9.17, 15) is 9.59 Å². The minimum Gasteiger partial charge on any atom is -0.495 e. The van der Waals surface area contributed by atoms with Crippen LogP contribution in [-0.2, 0) is 4.79 Å². The Morgan fingerprint density at radius 3 is 2.59 bits per heavy atom. The second kappa shape index (κ2) is 8.55. The molecule has 1 amide bonds. The summed E-state index contributed by atoms with van der Waals surface area (Å²) in [7, 11) is 1.55. The highest BCUT2D eigenvalue weighted by molar-refractivity contribution is 8.00.